The first-order valence-corrected chi connectivity index (χ1v) is 16.0. The lowest BCUT2D eigenvalue weighted by Gasteiger charge is -2.23. The Morgan fingerprint density at radius 2 is 1.77 bits per heavy atom. The van der Waals surface area contributed by atoms with Gasteiger partial charge in [0.05, 0.1) is 16.0 Å². The molecule has 0 spiro atoms. The van der Waals surface area contributed by atoms with Gasteiger partial charge in [-0.3, -0.25) is 14.1 Å². The first kappa shape index (κ1) is 29.6. The lowest BCUT2D eigenvalue weighted by molar-refractivity contribution is -0.107. The zero-order valence-corrected chi connectivity index (χ0v) is 23.6. The third-order valence-corrected chi connectivity index (χ3v) is 8.21. The largest absolute Gasteiger partial charge is 0.453 e. The van der Waals surface area contributed by atoms with Crippen LogP contribution < -0.4 is 10.3 Å². The molecular weight excluding hydrogens is 558 g/mol. The molecule has 0 atom stereocenters. The van der Waals surface area contributed by atoms with E-state index in [-0.39, 0.29) is 17.1 Å². The highest BCUT2D eigenvalue weighted by molar-refractivity contribution is 7.86. The second kappa shape index (κ2) is 12.4. The normalized spacial score (nSPS) is 12.9. The summed E-state index contributed by atoms with van der Waals surface area (Å²) in [5, 5.41) is 1.70. The maximum Gasteiger partial charge on any atom is 0.294 e. The number of nitrogens with zero attached hydrogens (tertiary/aromatic N) is 3. The summed E-state index contributed by atoms with van der Waals surface area (Å²) < 4.78 is 70.9. The van der Waals surface area contributed by atoms with Crippen LogP contribution >= 0.6 is 0 Å². The summed E-state index contributed by atoms with van der Waals surface area (Å²) in [7, 11) is -8.51. The Balaban J connectivity index is 1.80. The Bertz CT molecular complexity index is 1780. The van der Waals surface area contributed by atoms with Crippen molar-refractivity contribution >= 4 is 54.1 Å². The molecular formula is C27H31N3O8S2. The molecule has 0 amide bonds. The van der Waals surface area contributed by atoms with E-state index in [1.54, 1.807) is 24.3 Å². The summed E-state index contributed by atoms with van der Waals surface area (Å²) in [5.41, 5.74) is 2.17. The summed E-state index contributed by atoms with van der Waals surface area (Å²) in [4.78, 5) is 21.7. The molecule has 4 rings (SSSR count). The van der Waals surface area contributed by atoms with Crippen molar-refractivity contribution in [2.45, 2.75) is 43.9 Å². The van der Waals surface area contributed by atoms with Crippen molar-refractivity contribution in [1.82, 2.24) is 4.98 Å². The number of carbonyl (C=O) groups is 1. The molecule has 0 radical (unpaired) electrons. The third-order valence-electron chi connectivity index (χ3n) is 6.56. The zero-order valence-electron chi connectivity index (χ0n) is 22.0. The van der Waals surface area contributed by atoms with Gasteiger partial charge in [0.1, 0.15) is 17.5 Å². The number of anilines is 1. The highest BCUT2D eigenvalue weighted by atomic mass is 32.2. The number of carbonyl (C=O) groups excluding carboxylic acids is 1. The van der Waals surface area contributed by atoms with E-state index in [9.17, 15) is 26.2 Å². The first-order valence-electron chi connectivity index (χ1n) is 12.9. The Kier molecular flexibility index (Phi) is 9.19. The molecule has 1 aliphatic heterocycles. The molecule has 214 valence electrons. The summed E-state index contributed by atoms with van der Waals surface area (Å²) in [6.45, 7) is 3.43. The number of aromatic nitrogens is 1. The molecule has 0 unspecified atom stereocenters. The minimum Gasteiger partial charge on any atom is -0.453 e. The van der Waals surface area contributed by atoms with Crippen molar-refractivity contribution in [2.24, 2.45) is 4.99 Å². The quantitative estimate of drug-likeness (QED) is 0.0762. The molecule has 2 aliphatic rings. The molecule has 0 fully saturated rings. The van der Waals surface area contributed by atoms with Gasteiger partial charge < -0.3 is 14.1 Å². The number of hydrogen-bond donors (Lipinski definition) is 2. The molecule has 0 aromatic heterocycles. The number of unbranched alkanes of at least 4 members (excludes halogenated alkanes) is 3. The average Bonchev–Trinajstić information content (AvgIpc) is 2.90. The van der Waals surface area contributed by atoms with Crippen molar-refractivity contribution in [1.29, 1.82) is 0 Å². The third kappa shape index (κ3) is 7.22. The maximum absolute atomic E-state index is 11.9. The highest BCUT2D eigenvalue weighted by Crippen LogP contribution is 2.33. The van der Waals surface area contributed by atoms with Crippen LogP contribution in [0.4, 0.5) is 5.69 Å². The van der Waals surface area contributed by atoms with Gasteiger partial charge in [-0.05, 0) is 50.5 Å². The second-order valence-corrected chi connectivity index (χ2v) is 12.4. The van der Waals surface area contributed by atoms with Crippen LogP contribution in [0.3, 0.4) is 0 Å². The van der Waals surface area contributed by atoms with Crippen LogP contribution in [0.1, 0.15) is 39.0 Å². The van der Waals surface area contributed by atoms with E-state index >= 15 is 0 Å². The van der Waals surface area contributed by atoms with Crippen LogP contribution in [0.2, 0.25) is 0 Å². The summed E-state index contributed by atoms with van der Waals surface area (Å²) in [6, 6.07) is 11.4. The fourth-order valence-corrected chi connectivity index (χ4v) is 5.57. The van der Waals surface area contributed by atoms with E-state index in [0.29, 0.717) is 64.7 Å². The van der Waals surface area contributed by atoms with Crippen LogP contribution in [0.25, 0.3) is 33.3 Å². The monoisotopic (exact) mass is 589 g/mol. The van der Waals surface area contributed by atoms with Crippen molar-refractivity contribution < 1.29 is 35.2 Å². The molecule has 1 heterocycles. The van der Waals surface area contributed by atoms with Crippen LogP contribution in [0, 0.1) is 0 Å². The van der Waals surface area contributed by atoms with Crippen molar-refractivity contribution in [3.63, 3.8) is 0 Å². The summed E-state index contributed by atoms with van der Waals surface area (Å²) in [6.07, 6.45) is 4.06. The summed E-state index contributed by atoms with van der Waals surface area (Å²) in [5.74, 6) is 0.0362. The predicted octanol–water partition coefficient (Wildman–Crippen LogP) is 4.10. The Morgan fingerprint density at radius 1 is 0.975 bits per heavy atom. The van der Waals surface area contributed by atoms with E-state index in [1.807, 2.05) is 17.9 Å². The van der Waals surface area contributed by atoms with E-state index in [1.165, 1.54) is 12.1 Å². The fourth-order valence-electron chi connectivity index (χ4n) is 4.57. The number of aldehydes is 1. The Morgan fingerprint density at radius 3 is 2.48 bits per heavy atom. The molecule has 13 heteroatoms. The molecule has 0 saturated carbocycles. The number of rotatable bonds is 13. The minimum absolute atomic E-state index is 0.250. The molecule has 2 N–H and O–H groups in total. The SMILES string of the molecule is CCN(CCCS(=O)(=O)O)c1ccc2nc3c4cc(S(=O)(=O)O)ccc4/c(=N\CCCCCC=O)cc-3oc2c1. The van der Waals surface area contributed by atoms with Crippen molar-refractivity contribution in [2.75, 3.05) is 30.3 Å². The lowest BCUT2D eigenvalue weighted by atomic mass is 10.0. The van der Waals surface area contributed by atoms with Gasteiger partial charge in [-0.25, -0.2) is 4.98 Å². The Labute approximate surface area is 232 Å². The Hall–Kier alpha value is -3.39. The topological polar surface area (TPSA) is 167 Å². The molecule has 2 aromatic rings. The van der Waals surface area contributed by atoms with Gasteiger partial charge in [-0.15, -0.1) is 0 Å². The molecule has 2 aromatic carbocycles. The van der Waals surface area contributed by atoms with Crippen LogP contribution in [0.5, 0.6) is 0 Å². The number of fused-ring (bicyclic) bond motifs is 4. The average molecular weight is 590 g/mol. The van der Waals surface area contributed by atoms with Gasteiger partial charge in [-0.2, -0.15) is 16.8 Å². The second-order valence-electron chi connectivity index (χ2n) is 9.41. The van der Waals surface area contributed by atoms with Gasteiger partial charge >= 0.3 is 0 Å². The molecule has 40 heavy (non-hydrogen) atoms. The van der Waals surface area contributed by atoms with Gasteiger partial charge in [0, 0.05) is 54.6 Å². The lowest BCUT2D eigenvalue weighted by Crippen LogP contribution is -2.25. The first-order chi connectivity index (χ1) is 19.0. The molecule has 1 aliphatic carbocycles. The van der Waals surface area contributed by atoms with E-state index in [4.69, 9.17) is 18.9 Å². The van der Waals surface area contributed by atoms with Crippen LogP contribution in [-0.2, 0) is 25.0 Å². The van der Waals surface area contributed by atoms with Gasteiger partial charge in [0.15, 0.2) is 11.3 Å². The van der Waals surface area contributed by atoms with Gasteiger partial charge in [-0.1, -0.05) is 12.5 Å². The van der Waals surface area contributed by atoms with Crippen molar-refractivity contribution in [3.05, 3.63) is 47.8 Å². The standard InChI is InChI=1S/C27H31N3O8S2/c1-2-30(13-7-15-39(32,33)34)19-8-11-23-25(16-19)38-26-18-24(28-12-5-3-4-6-14-31)21-10-9-20(40(35,36)37)17-22(21)27(26)29-23/h8-11,14,16-18H,2-7,12-13,15H2,1H3,(H,32,33,34)(H,35,36,37)/b28-24-. The molecule has 11 nitrogen and oxygen atoms in total. The maximum atomic E-state index is 11.9. The van der Waals surface area contributed by atoms with E-state index in [2.05, 4.69) is 0 Å². The molecule has 0 saturated heterocycles. The van der Waals surface area contributed by atoms with Gasteiger partial charge in [0.2, 0.25) is 0 Å². The number of hydrogen-bond acceptors (Lipinski definition) is 9. The minimum atomic E-state index is -4.46. The number of benzene rings is 3. The van der Waals surface area contributed by atoms with Gasteiger partial charge in [0.25, 0.3) is 20.2 Å². The van der Waals surface area contributed by atoms with Crippen LogP contribution in [-0.4, -0.2) is 62.6 Å². The predicted molar refractivity (Wildman–Crippen MR) is 152 cm³/mol. The smallest absolute Gasteiger partial charge is 0.294 e. The van der Waals surface area contributed by atoms with E-state index < -0.39 is 20.2 Å². The van der Waals surface area contributed by atoms with Crippen molar-refractivity contribution in [3.8, 4) is 11.5 Å². The zero-order chi connectivity index (χ0) is 28.9. The fraction of sp³-hybridized carbons (Fsp3) is 0.370. The highest BCUT2D eigenvalue weighted by Gasteiger charge is 2.19. The summed E-state index contributed by atoms with van der Waals surface area (Å²) >= 11 is 0. The van der Waals surface area contributed by atoms with Crippen LogP contribution in [0.15, 0.2) is 56.8 Å². The molecule has 0 bridgehead atoms. The van der Waals surface area contributed by atoms with E-state index in [0.717, 1.165) is 31.2 Å².